The fourth-order valence-electron chi connectivity index (χ4n) is 1.05. The van der Waals surface area contributed by atoms with E-state index in [-0.39, 0.29) is 11.0 Å². The molecule has 2 nitrogen and oxygen atoms in total. The van der Waals surface area contributed by atoms with Crippen LogP contribution in [0.3, 0.4) is 0 Å². The number of aromatic nitrogens is 1. The van der Waals surface area contributed by atoms with Gasteiger partial charge in [-0.1, -0.05) is 27.5 Å². The van der Waals surface area contributed by atoms with E-state index in [2.05, 4.69) is 25.7 Å². The molecule has 0 aromatic carbocycles. The average Bonchev–Trinajstić information content (AvgIpc) is 2.18. The van der Waals surface area contributed by atoms with Crippen molar-refractivity contribution >= 4 is 27.5 Å². The zero-order chi connectivity index (χ0) is 13.2. The molecule has 0 saturated heterocycles. The largest absolute Gasteiger partial charge is 0.573 e. The molecular weight excluding hydrogens is 336 g/mol. The highest BCUT2D eigenvalue weighted by molar-refractivity contribution is 9.08. The van der Waals surface area contributed by atoms with E-state index in [4.69, 9.17) is 11.6 Å². The van der Waals surface area contributed by atoms with Crippen molar-refractivity contribution in [1.82, 2.24) is 4.98 Å². The Morgan fingerprint density at radius 3 is 2.41 bits per heavy atom. The number of alkyl halides is 6. The summed E-state index contributed by atoms with van der Waals surface area (Å²) in [4.78, 5) is 3.43. The number of ether oxygens (including phenoxy) is 1. The van der Waals surface area contributed by atoms with Gasteiger partial charge in [0.05, 0.1) is 22.5 Å². The normalized spacial score (nSPS) is 12.0. The summed E-state index contributed by atoms with van der Waals surface area (Å²) in [6.45, 7) is 0. The molecule has 0 bridgehead atoms. The highest BCUT2D eigenvalue weighted by atomic mass is 79.9. The fraction of sp³-hybridized carbons (Fsp3) is 0.375. The van der Waals surface area contributed by atoms with Gasteiger partial charge in [-0.05, 0) is 0 Å². The molecule has 0 aliphatic heterocycles. The molecule has 0 fully saturated rings. The first kappa shape index (κ1) is 14.4. The molecule has 17 heavy (non-hydrogen) atoms. The third kappa shape index (κ3) is 3.67. The lowest BCUT2D eigenvalue weighted by Gasteiger charge is -2.14. The first-order valence-corrected chi connectivity index (χ1v) is 5.53. The molecule has 0 saturated carbocycles. The molecule has 0 spiro atoms. The first-order valence-electron chi connectivity index (χ1n) is 4.03. The summed E-state index contributed by atoms with van der Waals surface area (Å²) in [7, 11) is 0. The number of rotatable bonds is 3. The lowest BCUT2D eigenvalue weighted by atomic mass is 10.2. The summed E-state index contributed by atoms with van der Waals surface area (Å²) in [5.41, 5.74) is -0.912. The summed E-state index contributed by atoms with van der Waals surface area (Å²) >= 11 is 8.31. The first-order chi connectivity index (χ1) is 7.76. The molecule has 0 radical (unpaired) electrons. The second-order valence-corrected chi connectivity index (χ2v) is 3.72. The van der Waals surface area contributed by atoms with Crippen LogP contribution in [0.25, 0.3) is 0 Å². The number of pyridine rings is 1. The molecule has 0 unspecified atom stereocenters. The van der Waals surface area contributed by atoms with E-state index in [0.29, 0.717) is 6.20 Å². The zero-order valence-electron chi connectivity index (χ0n) is 7.86. The molecule has 9 heteroatoms. The second kappa shape index (κ2) is 5.34. The lowest BCUT2D eigenvalue weighted by Crippen LogP contribution is -2.18. The molecule has 1 heterocycles. The Morgan fingerprint density at radius 1 is 1.41 bits per heavy atom. The van der Waals surface area contributed by atoms with Crippen LogP contribution in [0.1, 0.15) is 17.7 Å². The second-order valence-electron chi connectivity index (χ2n) is 2.78. The minimum atomic E-state index is -5.01. The van der Waals surface area contributed by atoms with Crippen LogP contribution in [0.4, 0.5) is 22.0 Å². The molecule has 0 aliphatic carbocycles. The summed E-state index contributed by atoms with van der Waals surface area (Å²) in [5.74, 6) is -0.945. The molecule has 1 aromatic rings. The number of nitrogens with zero attached hydrogens (tertiary/aromatic N) is 1. The fourth-order valence-corrected chi connectivity index (χ4v) is 1.77. The Bertz CT molecular complexity index is 412. The van der Waals surface area contributed by atoms with E-state index < -0.39 is 29.1 Å². The smallest absolute Gasteiger partial charge is 0.403 e. The van der Waals surface area contributed by atoms with Gasteiger partial charge in [-0.25, -0.2) is 8.78 Å². The summed E-state index contributed by atoms with van der Waals surface area (Å²) in [5, 5.41) is -0.847. The predicted molar refractivity (Wildman–Crippen MR) is 53.5 cm³/mol. The standard InChI is InChI=1S/C8H4BrClF5NO/c9-1-3-5(7(11)12)6(10)4(2-16-3)17-8(13,14)15/h2,7H,1H2. The molecular formula is C8H4BrClF5NO. The topological polar surface area (TPSA) is 22.1 Å². The maximum Gasteiger partial charge on any atom is 0.573 e. The van der Waals surface area contributed by atoms with Gasteiger partial charge in [0, 0.05) is 5.33 Å². The van der Waals surface area contributed by atoms with Gasteiger partial charge in [0.15, 0.2) is 5.75 Å². The van der Waals surface area contributed by atoms with Gasteiger partial charge < -0.3 is 4.74 Å². The lowest BCUT2D eigenvalue weighted by molar-refractivity contribution is -0.274. The Balaban J connectivity index is 3.23. The summed E-state index contributed by atoms with van der Waals surface area (Å²) < 4.78 is 64.5. The minimum absolute atomic E-state index is 0.0569. The van der Waals surface area contributed by atoms with Crippen molar-refractivity contribution in [1.29, 1.82) is 0 Å². The van der Waals surface area contributed by atoms with Gasteiger partial charge in [-0.15, -0.1) is 13.2 Å². The maximum absolute atomic E-state index is 12.6. The van der Waals surface area contributed by atoms with Crippen molar-refractivity contribution in [2.45, 2.75) is 18.1 Å². The molecule has 96 valence electrons. The third-order valence-electron chi connectivity index (χ3n) is 1.67. The minimum Gasteiger partial charge on any atom is -0.403 e. The molecule has 1 rings (SSSR count). The predicted octanol–water partition coefficient (Wildman–Crippen LogP) is 4.47. The Labute approximate surface area is 106 Å². The van der Waals surface area contributed by atoms with E-state index in [1.54, 1.807) is 0 Å². The van der Waals surface area contributed by atoms with Gasteiger partial charge in [-0.2, -0.15) is 0 Å². The van der Waals surface area contributed by atoms with E-state index in [1.165, 1.54) is 0 Å². The Hall–Kier alpha value is -0.630. The van der Waals surface area contributed by atoms with Crippen molar-refractivity contribution in [3.8, 4) is 5.75 Å². The SMILES string of the molecule is FC(F)c1c(CBr)ncc(OC(F)(F)F)c1Cl. The van der Waals surface area contributed by atoms with Crippen LogP contribution in [0.15, 0.2) is 6.20 Å². The van der Waals surface area contributed by atoms with Crippen molar-refractivity contribution in [2.75, 3.05) is 0 Å². The van der Waals surface area contributed by atoms with Crippen LogP contribution < -0.4 is 4.74 Å². The van der Waals surface area contributed by atoms with Crippen LogP contribution in [0.2, 0.25) is 5.02 Å². The number of hydrogen-bond acceptors (Lipinski definition) is 2. The maximum atomic E-state index is 12.6. The average molecular weight is 340 g/mol. The van der Waals surface area contributed by atoms with Crippen LogP contribution in [0.5, 0.6) is 5.75 Å². The van der Waals surface area contributed by atoms with Crippen molar-refractivity contribution < 1.29 is 26.7 Å². The van der Waals surface area contributed by atoms with E-state index in [9.17, 15) is 22.0 Å². The van der Waals surface area contributed by atoms with Gasteiger partial charge in [0.2, 0.25) is 0 Å². The monoisotopic (exact) mass is 339 g/mol. The van der Waals surface area contributed by atoms with Crippen LogP contribution >= 0.6 is 27.5 Å². The zero-order valence-corrected chi connectivity index (χ0v) is 10.2. The van der Waals surface area contributed by atoms with Crippen LogP contribution in [-0.4, -0.2) is 11.3 Å². The van der Waals surface area contributed by atoms with Crippen molar-refractivity contribution in [3.05, 3.63) is 22.5 Å². The van der Waals surface area contributed by atoms with E-state index >= 15 is 0 Å². The number of halogens is 7. The highest BCUT2D eigenvalue weighted by Crippen LogP contribution is 2.38. The Morgan fingerprint density at radius 2 is 2.00 bits per heavy atom. The Kier molecular flexibility index (Phi) is 4.54. The van der Waals surface area contributed by atoms with Crippen LogP contribution in [0, 0.1) is 0 Å². The molecule has 0 amide bonds. The molecule has 1 aromatic heterocycles. The van der Waals surface area contributed by atoms with Gasteiger partial charge >= 0.3 is 6.36 Å². The molecule has 0 N–H and O–H groups in total. The van der Waals surface area contributed by atoms with Gasteiger partial charge in [0.25, 0.3) is 6.43 Å². The molecule has 0 atom stereocenters. The van der Waals surface area contributed by atoms with Crippen LogP contribution in [-0.2, 0) is 5.33 Å². The van der Waals surface area contributed by atoms with Crippen molar-refractivity contribution in [2.24, 2.45) is 0 Å². The number of hydrogen-bond donors (Lipinski definition) is 0. The molecule has 0 aliphatic rings. The van der Waals surface area contributed by atoms with E-state index in [0.717, 1.165) is 0 Å². The summed E-state index contributed by atoms with van der Waals surface area (Å²) in [6, 6.07) is 0. The van der Waals surface area contributed by atoms with Gasteiger partial charge in [0.1, 0.15) is 0 Å². The summed E-state index contributed by atoms with van der Waals surface area (Å²) in [6.07, 6.45) is -7.40. The third-order valence-corrected chi connectivity index (χ3v) is 2.59. The quantitative estimate of drug-likeness (QED) is 0.598. The van der Waals surface area contributed by atoms with Gasteiger partial charge in [-0.3, -0.25) is 4.98 Å². The highest BCUT2D eigenvalue weighted by Gasteiger charge is 2.33. The van der Waals surface area contributed by atoms with Crippen molar-refractivity contribution in [3.63, 3.8) is 0 Å². The van der Waals surface area contributed by atoms with E-state index in [1.807, 2.05) is 0 Å².